The van der Waals surface area contributed by atoms with Crippen LogP contribution in [0.1, 0.15) is 29.8 Å². The molecule has 7 heteroatoms. The van der Waals surface area contributed by atoms with Gasteiger partial charge in [0.1, 0.15) is 5.82 Å². The van der Waals surface area contributed by atoms with Crippen molar-refractivity contribution < 1.29 is 19.0 Å². The van der Waals surface area contributed by atoms with Crippen molar-refractivity contribution in [1.29, 1.82) is 0 Å². The maximum Gasteiger partial charge on any atom is 0.251 e. The summed E-state index contributed by atoms with van der Waals surface area (Å²) >= 11 is 0. The minimum Gasteiger partial charge on any atom is -0.490 e. The molecule has 2 aromatic rings. The predicted octanol–water partition coefficient (Wildman–Crippen LogP) is 2.65. The zero-order valence-electron chi connectivity index (χ0n) is 16.4. The number of hydrogen-bond donors (Lipinski definition) is 1. The number of benzene rings is 1. The van der Waals surface area contributed by atoms with Gasteiger partial charge in [0.2, 0.25) is 0 Å². The van der Waals surface area contributed by atoms with E-state index in [-0.39, 0.29) is 5.91 Å². The van der Waals surface area contributed by atoms with Gasteiger partial charge in [0.25, 0.3) is 5.91 Å². The molecule has 0 unspecified atom stereocenters. The average Bonchev–Trinajstić information content (AvgIpc) is 2.74. The van der Waals surface area contributed by atoms with Crippen molar-refractivity contribution in [3.8, 4) is 11.5 Å². The van der Waals surface area contributed by atoms with Gasteiger partial charge in [-0.2, -0.15) is 0 Å². The highest BCUT2D eigenvalue weighted by molar-refractivity contribution is 5.94. The SMILES string of the molecule is CCOc1ccc(C(=O)NCc2ccc(N3CCOCC3)nc2)cc1OCC. The Morgan fingerprint density at radius 1 is 1.11 bits per heavy atom. The molecule has 1 aliphatic heterocycles. The fraction of sp³-hybridized carbons (Fsp3) is 0.429. The lowest BCUT2D eigenvalue weighted by Gasteiger charge is -2.27. The van der Waals surface area contributed by atoms with Crippen LogP contribution < -0.4 is 19.7 Å². The van der Waals surface area contributed by atoms with E-state index < -0.39 is 0 Å². The number of nitrogens with zero attached hydrogens (tertiary/aromatic N) is 2. The molecule has 7 nitrogen and oxygen atoms in total. The van der Waals surface area contributed by atoms with Crippen LogP contribution in [-0.2, 0) is 11.3 Å². The van der Waals surface area contributed by atoms with Gasteiger partial charge in [-0.1, -0.05) is 6.07 Å². The molecule has 28 heavy (non-hydrogen) atoms. The lowest BCUT2D eigenvalue weighted by atomic mass is 10.1. The summed E-state index contributed by atoms with van der Waals surface area (Å²) in [5.41, 5.74) is 1.48. The van der Waals surface area contributed by atoms with Gasteiger partial charge in [0.15, 0.2) is 11.5 Å². The molecule has 3 rings (SSSR count). The van der Waals surface area contributed by atoms with E-state index in [1.165, 1.54) is 0 Å². The molecule has 1 amide bonds. The lowest BCUT2D eigenvalue weighted by molar-refractivity contribution is 0.0950. The monoisotopic (exact) mass is 385 g/mol. The summed E-state index contributed by atoms with van der Waals surface area (Å²) in [7, 11) is 0. The summed E-state index contributed by atoms with van der Waals surface area (Å²) < 4.78 is 16.5. The summed E-state index contributed by atoms with van der Waals surface area (Å²) in [6, 6.07) is 9.19. The van der Waals surface area contributed by atoms with Crippen molar-refractivity contribution in [3.05, 3.63) is 47.7 Å². The quantitative estimate of drug-likeness (QED) is 0.753. The van der Waals surface area contributed by atoms with Gasteiger partial charge in [-0.15, -0.1) is 0 Å². The van der Waals surface area contributed by atoms with Gasteiger partial charge < -0.3 is 24.4 Å². The summed E-state index contributed by atoms with van der Waals surface area (Å²) in [5, 5.41) is 2.93. The van der Waals surface area contributed by atoms with Gasteiger partial charge in [0, 0.05) is 31.4 Å². The van der Waals surface area contributed by atoms with E-state index in [9.17, 15) is 4.79 Å². The lowest BCUT2D eigenvalue weighted by Crippen LogP contribution is -2.36. The van der Waals surface area contributed by atoms with Crippen LogP contribution in [0.4, 0.5) is 5.82 Å². The maximum atomic E-state index is 12.5. The molecular weight excluding hydrogens is 358 g/mol. The first-order chi connectivity index (χ1) is 13.7. The van der Waals surface area contributed by atoms with Crippen molar-refractivity contribution in [1.82, 2.24) is 10.3 Å². The van der Waals surface area contributed by atoms with E-state index >= 15 is 0 Å². The molecule has 1 saturated heterocycles. The molecule has 0 atom stereocenters. The molecule has 0 bridgehead atoms. The first kappa shape index (κ1) is 19.9. The number of pyridine rings is 1. The van der Waals surface area contributed by atoms with Gasteiger partial charge in [-0.05, 0) is 43.7 Å². The zero-order valence-corrected chi connectivity index (χ0v) is 16.4. The summed E-state index contributed by atoms with van der Waals surface area (Å²) in [5.74, 6) is 1.99. The number of carbonyl (C=O) groups excluding carboxylic acids is 1. The Labute approximate surface area is 165 Å². The Bertz CT molecular complexity index is 774. The fourth-order valence-corrected chi connectivity index (χ4v) is 2.98. The summed E-state index contributed by atoms with van der Waals surface area (Å²) in [6.07, 6.45) is 1.80. The highest BCUT2D eigenvalue weighted by Gasteiger charge is 2.13. The van der Waals surface area contributed by atoms with Crippen molar-refractivity contribution in [3.63, 3.8) is 0 Å². The molecule has 2 heterocycles. The van der Waals surface area contributed by atoms with Crippen LogP contribution >= 0.6 is 0 Å². The highest BCUT2D eigenvalue weighted by atomic mass is 16.5. The molecule has 150 valence electrons. The second-order valence-electron chi connectivity index (χ2n) is 6.33. The second kappa shape index (κ2) is 9.94. The number of morpholine rings is 1. The van der Waals surface area contributed by atoms with Crippen molar-refractivity contribution in [2.45, 2.75) is 20.4 Å². The molecule has 1 aromatic heterocycles. The molecule has 0 saturated carbocycles. The van der Waals surface area contributed by atoms with Crippen molar-refractivity contribution in [2.75, 3.05) is 44.4 Å². The number of ether oxygens (including phenoxy) is 3. The smallest absolute Gasteiger partial charge is 0.251 e. The van der Waals surface area contributed by atoms with E-state index in [1.807, 2.05) is 26.0 Å². The molecule has 1 N–H and O–H groups in total. The molecular formula is C21H27N3O4. The van der Waals surface area contributed by atoms with Crippen LogP contribution in [0.15, 0.2) is 36.5 Å². The van der Waals surface area contributed by atoms with Crippen LogP contribution in [0.5, 0.6) is 11.5 Å². The number of hydrogen-bond acceptors (Lipinski definition) is 6. The normalized spacial score (nSPS) is 13.9. The second-order valence-corrected chi connectivity index (χ2v) is 6.33. The molecule has 0 radical (unpaired) electrons. The Balaban J connectivity index is 1.59. The van der Waals surface area contributed by atoms with E-state index in [1.54, 1.807) is 24.4 Å². The number of nitrogens with one attached hydrogen (secondary N) is 1. The largest absolute Gasteiger partial charge is 0.490 e. The Morgan fingerprint density at radius 2 is 1.86 bits per heavy atom. The van der Waals surface area contributed by atoms with Crippen LogP contribution in [-0.4, -0.2) is 50.4 Å². The third-order valence-corrected chi connectivity index (χ3v) is 4.40. The van der Waals surface area contributed by atoms with E-state index in [2.05, 4.69) is 15.2 Å². The van der Waals surface area contributed by atoms with E-state index in [0.717, 1.165) is 37.7 Å². The first-order valence-electron chi connectivity index (χ1n) is 9.66. The maximum absolute atomic E-state index is 12.5. The average molecular weight is 385 g/mol. The standard InChI is InChI=1S/C21H27N3O4/c1-3-27-18-7-6-17(13-19(18)28-4-2)21(25)23-15-16-5-8-20(22-14-16)24-9-11-26-12-10-24/h5-8,13-14H,3-4,9-12,15H2,1-2H3,(H,23,25). The number of anilines is 1. The zero-order chi connectivity index (χ0) is 19.8. The van der Waals surface area contributed by atoms with E-state index in [4.69, 9.17) is 14.2 Å². The van der Waals surface area contributed by atoms with Gasteiger partial charge in [-0.3, -0.25) is 4.79 Å². The van der Waals surface area contributed by atoms with Crippen LogP contribution in [0, 0.1) is 0 Å². The number of aromatic nitrogens is 1. The summed E-state index contributed by atoms with van der Waals surface area (Å²) in [4.78, 5) is 19.2. The first-order valence-corrected chi connectivity index (χ1v) is 9.66. The Hall–Kier alpha value is -2.80. The molecule has 1 fully saturated rings. The minimum atomic E-state index is -0.166. The van der Waals surface area contributed by atoms with Gasteiger partial charge in [-0.25, -0.2) is 4.98 Å². The molecule has 1 aromatic carbocycles. The van der Waals surface area contributed by atoms with Crippen LogP contribution in [0.25, 0.3) is 0 Å². The van der Waals surface area contributed by atoms with Crippen molar-refractivity contribution in [2.24, 2.45) is 0 Å². The number of rotatable bonds is 8. The molecule has 0 aliphatic carbocycles. The predicted molar refractivity (Wildman–Crippen MR) is 107 cm³/mol. The van der Waals surface area contributed by atoms with Crippen molar-refractivity contribution >= 4 is 11.7 Å². The fourth-order valence-electron chi connectivity index (χ4n) is 2.98. The van der Waals surface area contributed by atoms with Gasteiger partial charge >= 0.3 is 0 Å². The van der Waals surface area contributed by atoms with Crippen LogP contribution in [0.2, 0.25) is 0 Å². The third-order valence-electron chi connectivity index (χ3n) is 4.40. The third kappa shape index (κ3) is 5.13. The number of carbonyl (C=O) groups is 1. The Kier molecular flexibility index (Phi) is 7.08. The van der Waals surface area contributed by atoms with E-state index in [0.29, 0.717) is 36.8 Å². The van der Waals surface area contributed by atoms with Crippen LogP contribution in [0.3, 0.4) is 0 Å². The summed E-state index contributed by atoms with van der Waals surface area (Å²) in [6.45, 7) is 8.42. The molecule has 0 spiro atoms. The Morgan fingerprint density at radius 3 is 2.54 bits per heavy atom. The molecule has 1 aliphatic rings. The highest BCUT2D eigenvalue weighted by Crippen LogP contribution is 2.28. The topological polar surface area (TPSA) is 72.9 Å². The number of amides is 1. The van der Waals surface area contributed by atoms with Gasteiger partial charge in [0.05, 0.1) is 26.4 Å². The minimum absolute atomic E-state index is 0.166.